The van der Waals surface area contributed by atoms with Crippen LogP contribution in [0.25, 0.3) is 0 Å². The molecule has 17 heavy (non-hydrogen) atoms. The number of methoxy groups -OCH3 is 2. The molecule has 0 bridgehead atoms. The molecule has 1 aromatic rings. The number of aliphatic imine (C=N–C) groups is 1. The second-order valence-electron chi connectivity index (χ2n) is 4.37. The average Bonchev–Trinajstić information content (AvgIpc) is 2.36. The van der Waals surface area contributed by atoms with Gasteiger partial charge in [-0.05, 0) is 31.5 Å². The molecule has 0 saturated heterocycles. The first-order valence-electron chi connectivity index (χ1n) is 5.40. The van der Waals surface area contributed by atoms with Gasteiger partial charge in [-0.1, -0.05) is 0 Å². The maximum atomic E-state index is 9.11. The molecular formula is C13H19NO3. The maximum absolute atomic E-state index is 9.11. The summed E-state index contributed by atoms with van der Waals surface area (Å²) in [5, 5.41) is 9.11. The van der Waals surface area contributed by atoms with Gasteiger partial charge in [-0.2, -0.15) is 0 Å². The normalized spacial score (nSPS) is 11.8. The summed E-state index contributed by atoms with van der Waals surface area (Å²) >= 11 is 0. The van der Waals surface area contributed by atoms with Crippen LogP contribution in [0.5, 0.6) is 11.5 Å². The SMILES string of the molecule is COc1cc(C=NC(C)(C)CO)cc(OC)c1. The Morgan fingerprint density at radius 2 is 1.71 bits per heavy atom. The lowest BCUT2D eigenvalue weighted by Gasteiger charge is -2.15. The Balaban J connectivity index is 2.98. The second-order valence-corrected chi connectivity index (χ2v) is 4.37. The van der Waals surface area contributed by atoms with E-state index < -0.39 is 5.54 Å². The highest BCUT2D eigenvalue weighted by Crippen LogP contribution is 2.21. The van der Waals surface area contributed by atoms with E-state index in [4.69, 9.17) is 14.6 Å². The van der Waals surface area contributed by atoms with Crippen LogP contribution in [0.4, 0.5) is 0 Å². The van der Waals surface area contributed by atoms with Crippen LogP contribution < -0.4 is 9.47 Å². The molecule has 1 rings (SSSR count). The predicted octanol–water partition coefficient (Wildman–Crippen LogP) is 1.89. The molecule has 0 aliphatic carbocycles. The van der Waals surface area contributed by atoms with Crippen molar-refractivity contribution in [2.24, 2.45) is 4.99 Å². The lowest BCUT2D eigenvalue weighted by molar-refractivity contribution is 0.223. The average molecular weight is 237 g/mol. The van der Waals surface area contributed by atoms with Crippen LogP contribution in [0.2, 0.25) is 0 Å². The van der Waals surface area contributed by atoms with Crippen molar-refractivity contribution in [1.82, 2.24) is 0 Å². The van der Waals surface area contributed by atoms with Crippen molar-refractivity contribution in [3.05, 3.63) is 23.8 Å². The standard InChI is InChI=1S/C13H19NO3/c1-13(2,9-15)14-8-10-5-11(16-3)7-12(6-10)17-4/h5-8,15H,9H2,1-4H3. The first kappa shape index (κ1) is 13.5. The molecule has 0 fully saturated rings. The molecular weight excluding hydrogens is 218 g/mol. The highest BCUT2D eigenvalue weighted by molar-refractivity contribution is 5.81. The molecule has 0 atom stereocenters. The van der Waals surface area contributed by atoms with Gasteiger partial charge >= 0.3 is 0 Å². The van der Waals surface area contributed by atoms with E-state index in [9.17, 15) is 0 Å². The molecule has 0 spiro atoms. The van der Waals surface area contributed by atoms with Gasteiger partial charge in [-0.3, -0.25) is 4.99 Å². The second kappa shape index (κ2) is 5.68. The fourth-order valence-corrected chi connectivity index (χ4v) is 1.19. The molecule has 1 aromatic carbocycles. The minimum Gasteiger partial charge on any atom is -0.497 e. The van der Waals surface area contributed by atoms with Crippen molar-refractivity contribution < 1.29 is 14.6 Å². The molecule has 0 saturated carbocycles. The van der Waals surface area contributed by atoms with E-state index in [1.165, 1.54) is 0 Å². The summed E-state index contributed by atoms with van der Waals surface area (Å²) in [7, 11) is 3.21. The van der Waals surface area contributed by atoms with Crippen molar-refractivity contribution in [1.29, 1.82) is 0 Å². The summed E-state index contributed by atoms with van der Waals surface area (Å²) in [6.07, 6.45) is 1.71. The van der Waals surface area contributed by atoms with Gasteiger partial charge in [-0.15, -0.1) is 0 Å². The minimum atomic E-state index is -0.476. The van der Waals surface area contributed by atoms with Crippen LogP contribution in [0.1, 0.15) is 19.4 Å². The van der Waals surface area contributed by atoms with Crippen LogP contribution in [0, 0.1) is 0 Å². The zero-order chi connectivity index (χ0) is 12.9. The first-order chi connectivity index (χ1) is 8.00. The van der Waals surface area contributed by atoms with Gasteiger partial charge in [-0.25, -0.2) is 0 Å². The zero-order valence-electron chi connectivity index (χ0n) is 10.7. The molecule has 1 N–H and O–H groups in total. The van der Waals surface area contributed by atoms with E-state index in [0.717, 1.165) is 5.56 Å². The minimum absolute atomic E-state index is 0.00457. The summed E-state index contributed by atoms with van der Waals surface area (Å²) in [6.45, 7) is 3.73. The Morgan fingerprint density at radius 3 is 2.12 bits per heavy atom. The summed E-state index contributed by atoms with van der Waals surface area (Å²) < 4.78 is 10.3. The topological polar surface area (TPSA) is 51.0 Å². The lowest BCUT2D eigenvalue weighted by Crippen LogP contribution is -2.21. The van der Waals surface area contributed by atoms with Gasteiger partial charge < -0.3 is 14.6 Å². The van der Waals surface area contributed by atoms with Gasteiger partial charge in [0.1, 0.15) is 11.5 Å². The molecule has 0 amide bonds. The summed E-state index contributed by atoms with van der Waals surface area (Å²) in [5.41, 5.74) is 0.402. The van der Waals surface area contributed by atoms with Gasteiger partial charge in [0.05, 0.1) is 26.4 Å². The molecule has 0 aliphatic rings. The van der Waals surface area contributed by atoms with Gasteiger partial charge in [0.2, 0.25) is 0 Å². The number of hydrogen-bond acceptors (Lipinski definition) is 4. The Morgan fingerprint density at radius 1 is 1.18 bits per heavy atom. The molecule has 0 aliphatic heterocycles. The van der Waals surface area contributed by atoms with Gasteiger partial charge in [0.25, 0.3) is 0 Å². The zero-order valence-corrected chi connectivity index (χ0v) is 10.7. The monoisotopic (exact) mass is 237 g/mol. The number of hydrogen-bond donors (Lipinski definition) is 1. The molecule has 0 aromatic heterocycles. The van der Waals surface area contributed by atoms with Crippen molar-refractivity contribution in [2.75, 3.05) is 20.8 Å². The third-order valence-electron chi connectivity index (χ3n) is 2.32. The molecule has 0 heterocycles. The molecule has 0 radical (unpaired) electrons. The van der Waals surface area contributed by atoms with E-state index in [1.54, 1.807) is 26.5 Å². The van der Waals surface area contributed by atoms with E-state index in [2.05, 4.69) is 4.99 Å². The van der Waals surface area contributed by atoms with Crippen molar-refractivity contribution in [2.45, 2.75) is 19.4 Å². The van der Waals surface area contributed by atoms with Crippen LogP contribution in [0.15, 0.2) is 23.2 Å². The Labute approximate surface area is 102 Å². The van der Waals surface area contributed by atoms with E-state index in [0.29, 0.717) is 11.5 Å². The lowest BCUT2D eigenvalue weighted by atomic mass is 10.1. The Hall–Kier alpha value is -1.55. The highest BCUT2D eigenvalue weighted by Gasteiger charge is 2.12. The smallest absolute Gasteiger partial charge is 0.123 e. The first-order valence-corrected chi connectivity index (χ1v) is 5.40. The fourth-order valence-electron chi connectivity index (χ4n) is 1.19. The molecule has 4 nitrogen and oxygen atoms in total. The third kappa shape index (κ3) is 4.07. The van der Waals surface area contributed by atoms with Gasteiger partial charge in [0.15, 0.2) is 0 Å². The highest BCUT2D eigenvalue weighted by atomic mass is 16.5. The molecule has 4 heteroatoms. The van der Waals surface area contributed by atoms with Gasteiger partial charge in [0, 0.05) is 12.3 Å². The van der Waals surface area contributed by atoms with E-state index in [1.807, 2.05) is 26.0 Å². The molecule has 0 unspecified atom stereocenters. The number of aliphatic hydroxyl groups excluding tert-OH is 1. The number of aliphatic hydroxyl groups is 1. The van der Waals surface area contributed by atoms with E-state index >= 15 is 0 Å². The van der Waals surface area contributed by atoms with Crippen molar-refractivity contribution >= 4 is 6.21 Å². The summed E-state index contributed by atoms with van der Waals surface area (Å²) in [5.74, 6) is 1.43. The summed E-state index contributed by atoms with van der Waals surface area (Å²) in [4.78, 5) is 4.31. The van der Waals surface area contributed by atoms with Crippen LogP contribution in [0.3, 0.4) is 0 Å². The molecule has 94 valence electrons. The summed E-state index contributed by atoms with van der Waals surface area (Å²) in [6, 6.07) is 5.52. The predicted molar refractivity (Wildman–Crippen MR) is 68.3 cm³/mol. The Bertz CT molecular complexity index is 377. The quantitative estimate of drug-likeness (QED) is 0.796. The maximum Gasteiger partial charge on any atom is 0.123 e. The van der Waals surface area contributed by atoms with Crippen LogP contribution in [-0.4, -0.2) is 37.7 Å². The van der Waals surface area contributed by atoms with Crippen LogP contribution >= 0.6 is 0 Å². The number of ether oxygens (including phenoxy) is 2. The third-order valence-corrected chi connectivity index (χ3v) is 2.32. The van der Waals surface area contributed by atoms with Crippen molar-refractivity contribution in [3.63, 3.8) is 0 Å². The fraction of sp³-hybridized carbons (Fsp3) is 0.462. The largest absolute Gasteiger partial charge is 0.497 e. The number of rotatable bonds is 5. The van der Waals surface area contributed by atoms with Crippen molar-refractivity contribution in [3.8, 4) is 11.5 Å². The number of benzene rings is 1. The van der Waals surface area contributed by atoms with E-state index in [-0.39, 0.29) is 6.61 Å². The van der Waals surface area contributed by atoms with Crippen LogP contribution in [-0.2, 0) is 0 Å². The Kier molecular flexibility index (Phi) is 4.52. The number of nitrogens with zero attached hydrogens (tertiary/aromatic N) is 1.